The number of aromatic amines is 1. The lowest BCUT2D eigenvalue weighted by molar-refractivity contribution is 0.0730. The first-order valence-electron chi connectivity index (χ1n) is 10.5. The molecule has 1 aromatic heterocycles. The van der Waals surface area contributed by atoms with Crippen molar-refractivity contribution in [2.24, 2.45) is 0 Å². The molecule has 33 heavy (non-hydrogen) atoms. The Bertz CT molecular complexity index is 1380. The van der Waals surface area contributed by atoms with E-state index in [2.05, 4.69) is 26.1 Å². The summed E-state index contributed by atoms with van der Waals surface area (Å²) in [6, 6.07) is 17.3. The maximum atomic E-state index is 13.5. The van der Waals surface area contributed by atoms with Crippen LogP contribution in [0.25, 0.3) is 11.3 Å². The van der Waals surface area contributed by atoms with E-state index < -0.39 is 6.04 Å². The molecule has 0 bridgehead atoms. The van der Waals surface area contributed by atoms with Crippen LogP contribution < -0.4 is 0 Å². The molecular weight excluding hydrogens is 485 g/mol. The van der Waals surface area contributed by atoms with E-state index in [9.17, 15) is 14.3 Å². The number of phenolic OH excluding ortho intramolecular Hbond substituents is 1. The number of aromatic nitrogens is 2. The Kier molecular flexibility index (Phi) is 5.29. The molecule has 7 heteroatoms. The van der Waals surface area contributed by atoms with Crippen molar-refractivity contribution >= 4 is 21.8 Å². The topological polar surface area (TPSA) is 69.2 Å². The molecule has 3 aromatic carbocycles. The van der Waals surface area contributed by atoms with Gasteiger partial charge in [-0.05, 0) is 66.4 Å². The molecule has 1 unspecified atom stereocenters. The van der Waals surface area contributed by atoms with E-state index in [0.29, 0.717) is 23.5 Å². The van der Waals surface area contributed by atoms with Gasteiger partial charge in [-0.15, -0.1) is 0 Å². The average Bonchev–Trinajstić information content (AvgIpc) is 3.31. The number of carbonyl (C=O) groups excluding carboxylic acids is 1. The number of H-pyrrole nitrogens is 1. The third kappa shape index (κ3) is 3.72. The summed E-state index contributed by atoms with van der Waals surface area (Å²) in [5.41, 5.74) is 5.72. The SMILES string of the molecule is Cc1cc(C)c(O)c(-c2n[nH]c3c2C(c2cccc(Br)c2)N(Cc2ccc(F)cc2)C3=O)c1. The first-order chi connectivity index (χ1) is 15.8. The summed E-state index contributed by atoms with van der Waals surface area (Å²) in [5, 5.41) is 18.2. The van der Waals surface area contributed by atoms with E-state index >= 15 is 0 Å². The van der Waals surface area contributed by atoms with Crippen LogP contribution in [0.3, 0.4) is 0 Å². The molecule has 1 amide bonds. The summed E-state index contributed by atoms with van der Waals surface area (Å²) in [7, 11) is 0. The van der Waals surface area contributed by atoms with Crippen molar-refractivity contribution < 1.29 is 14.3 Å². The van der Waals surface area contributed by atoms with Gasteiger partial charge in [-0.25, -0.2) is 4.39 Å². The molecule has 2 heterocycles. The van der Waals surface area contributed by atoms with Gasteiger partial charge in [-0.1, -0.05) is 46.3 Å². The van der Waals surface area contributed by atoms with E-state index in [-0.39, 0.29) is 17.5 Å². The van der Waals surface area contributed by atoms with Crippen LogP contribution in [0, 0.1) is 19.7 Å². The van der Waals surface area contributed by atoms with E-state index in [0.717, 1.165) is 32.3 Å². The number of fused-ring (bicyclic) bond motifs is 1. The number of benzene rings is 3. The van der Waals surface area contributed by atoms with E-state index in [4.69, 9.17) is 0 Å². The van der Waals surface area contributed by atoms with E-state index in [1.54, 1.807) is 17.0 Å². The number of amides is 1. The van der Waals surface area contributed by atoms with Crippen LogP contribution in [0.2, 0.25) is 0 Å². The lowest BCUT2D eigenvalue weighted by Crippen LogP contribution is -2.29. The molecule has 4 aromatic rings. The molecule has 0 saturated carbocycles. The molecule has 5 rings (SSSR count). The maximum Gasteiger partial charge on any atom is 0.273 e. The number of carbonyl (C=O) groups is 1. The third-order valence-electron chi connectivity index (χ3n) is 5.99. The highest BCUT2D eigenvalue weighted by molar-refractivity contribution is 9.10. The first kappa shape index (κ1) is 21.4. The minimum Gasteiger partial charge on any atom is -0.507 e. The summed E-state index contributed by atoms with van der Waals surface area (Å²) in [6.45, 7) is 4.11. The molecule has 0 spiro atoms. The number of nitrogens with one attached hydrogen (secondary N) is 1. The van der Waals surface area contributed by atoms with Gasteiger partial charge in [0, 0.05) is 22.1 Å². The molecule has 0 saturated heterocycles. The third-order valence-corrected chi connectivity index (χ3v) is 6.49. The number of nitrogens with zero attached hydrogens (tertiary/aromatic N) is 2. The van der Waals surface area contributed by atoms with Crippen molar-refractivity contribution in [3.63, 3.8) is 0 Å². The molecular formula is C26H21BrFN3O2. The Labute approximate surface area is 199 Å². The van der Waals surface area contributed by atoms with Crippen molar-refractivity contribution in [3.8, 4) is 17.0 Å². The van der Waals surface area contributed by atoms with Crippen molar-refractivity contribution in [2.75, 3.05) is 0 Å². The van der Waals surface area contributed by atoms with Gasteiger partial charge in [0.2, 0.25) is 0 Å². The number of rotatable bonds is 4. The Balaban J connectivity index is 1.69. The zero-order valence-electron chi connectivity index (χ0n) is 18.1. The van der Waals surface area contributed by atoms with Crippen molar-refractivity contribution in [1.82, 2.24) is 15.1 Å². The van der Waals surface area contributed by atoms with Crippen LogP contribution in [0.4, 0.5) is 4.39 Å². The molecule has 1 atom stereocenters. The molecule has 0 fully saturated rings. The largest absolute Gasteiger partial charge is 0.507 e. The molecule has 1 aliphatic rings. The molecule has 2 N–H and O–H groups in total. The standard InChI is InChI=1S/C26H21BrFN3O2/c1-14-10-15(2)25(32)20(11-14)22-21-23(30-29-22)26(33)31(13-16-6-8-19(28)9-7-16)24(21)17-4-3-5-18(27)12-17/h3-12,24,32H,13H2,1-2H3,(H,29,30). The van der Waals surface area contributed by atoms with E-state index in [1.165, 1.54) is 12.1 Å². The maximum absolute atomic E-state index is 13.5. The number of hydrogen-bond donors (Lipinski definition) is 2. The zero-order valence-corrected chi connectivity index (χ0v) is 19.6. The van der Waals surface area contributed by atoms with Crippen LogP contribution in [0.5, 0.6) is 5.75 Å². The lowest BCUT2D eigenvalue weighted by atomic mass is 9.94. The number of halogens is 2. The number of aromatic hydroxyl groups is 1. The Hall–Kier alpha value is -3.45. The summed E-state index contributed by atoms with van der Waals surface area (Å²) in [6.07, 6.45) is 0. The van der Waals surface area contributed by atoms with Gasteiger partial charge in [0.15, 0.2) is 0 Å². The summed E-state index contributed by atoms with van der Waals surface area (Å²) in [4.78, 5) is 15.3. The number of aryl methyl sites for hydroxylation is 2. The van der Waals surface area contributed by atoms with Crippen LogP contribution in [0.1, 0.15) is 44.3 Å². The predicted octanol–water partition coefficient (Wildman–Crippen LogP) is 6.05. The van der Waals surface area contributed by atoms with Crippen LogP contribution >= 0.6 is 15.9 Å². The Morgan fingerprint density at radius 1 is 1.12 bits per heavy atom. The molecule has 0 radical (unpaired) electrons. The van der Waals surface area contributed by atoms with Gasteiger partial charge in [0.1, 0.15) is 23.0 Å². The fourth-order valence-corrected chi connectivity index (χ4v) is 4.93. The highest BCUT2D eigenvalue weighted by atomic mass is 79.9. The fourth-order valence-electron chi connectivity index (χ4n) is 4.52. The average molecular weight is 506 g/mol. The lowest BCUT2D eigenvalue weighted by Gasteiger charge is -2.27. The summed E-state index contributed by atoms with van der Waals surface area (Å²) >= 11 is 3.54. The predicted molar refractivity (Wildman–Crippen MR) is 127 cm³/mol. The first-order valence-corrected chi connectivity index (χ1v) is 11.3. The van der Waals surface area contributed by atoms with Gasteiger partial charge in [-0.3, -0.25) is 9.89 Å². The van der Waals surface area contributed by atoms with Gasteiger partial charge in [-0.2, -0.15) is 5.10 Å². The Morgan fingerprint density at radius 2 is 1.88 bits per heavy atom. The highest BCUT2D eigenvalue weighted by Gasteiger charge is 2.42. The second-order valence-electron chi connectivity index (χ2n) is 8.36. The van der Waals surface area contributed by atoms with Gasteiger partial charge < -0.3 is 10.0 Å². The summed E-state index contributed by atoms with van der Waals surface area (Å²) in [5.74, 6) is -0.369. The van der Waals surface area contributed by atoms with Crippen LogP contribution in [-0.4, -0.2) is 26.1 Å². The number of hydrogen-bond acceptors (Lipinski definition) is 3. The van der Waals surface area contributed by atoms with Gasteiger partial charge in [0.05, 0.1) is 6.04 Å². The summed E-state index contributed by atoms with van der Waals surface area (Å²) < 4.78 is 14.3. The van der Waals surface area contributed by atoms with Gasteiger partial charge in [0.25, 0.3) is 5.91 Å². The minimum atomic E-state index is -0.427. The Morgan fingerprint density at radius 3 is 2.61 bits per heavy atom. The van der Waals surface area contributed by atoms with Crippen LogP contribution in [0.15, 0.2) is 65.1 Å². The normalized spacial score (nSPS) is 15.2. The molecule has 5 nitrogen and oxygen atoms in total. The van der Waals surface area contributed by atoms with Crippen molar-refractivity contribution in [2.45, 2.75) is 26.4 Å². The molecule has 0 aliphatic carbocycles. The highest BCUT2D eigenvalue weighted by Crippen LogP contribution is 2.46. The second-order valence-corrected chi connectivity index (χ2v) is 9.27. The van der Waals surface area contributed by atoms with Crippen LogP contribution in [-0.2, 0) is 6.54 Å². The number of phenols is 1. The second kappa shape index (κ2) is 8.15. The molecule has 1 aliphatic heterocycles. The van der Waals surface area contributed by atoms with Crippen molar-refractivity contribution in [1.29, 1.82) is 0 Å². The zero-order chi connectivity index (χ0) is 23.3. The fraction of sp³-hybridized carbons (Fsp3) is 0.154. The monoisotopic (exact) mass is 505 g/mol. The van der Waals surface area contributed by atoms with Crippen molar-refractivity contribution in [3.05, 3.63) is 104 Å². The minimum absolute atomic E-state index is 0.146. The van der Waals surface area contributed by atoms with Gasteiger partial charge >= 0.3 is 0 Å². The van der Waals surface area contributed by atoms with E-state index in [1.807, 2.05) is 50.2 Å². The smallest absolute Gasteiger partial charge is 0.273 e. The quantitative estimate of drug-likeness (QED) is 0.354. The molecule has 166 valence electrons.